The van der Waals surface area contributed by atoms with E-state index in [2.05, 4.69) is 5.32 Å². The summed E-state index contributed by atoms with van der Waals surface area (Å²) in [4.78, 5) is 10.9. The van der Waals surface area contributed by atoms with Crippen LogP contribution < -0.4 is 5.32 Å². The number of hydrogen-bond donors (Lipinski definition) is 2. The molecule has 0 aliphatic carbocycles. The van der Waals surface area contributed by atoms with Gasteiger partial charge in [0.2, 0.25) is 0 Å². The van der Waals surface area contributed by atoms with Crippen LogP contribution in [0.3, 0.4) is 0 Å². The van der Waals surface area contributed by atoms with E-state index in [1.54, 1.807) is 0 Å². The van der Waals surface area contributed by atoms with Gasteiger partial charge in [0.1, 0.15) is 6.04 Å². The average Bonchev–Trinajstić information content (AvgIpc) is 2.30. The van der Waals surface area contributed by atoms with Crippen LogP contribution in [0.1, 0.15) is 17.2 Å². The van der Waals surface area contributed by atoms with Crippen LogP contribution >= 0.6 is 0 Å². The molecule has 1 saturated heterocycles. The summed E-state index contributed by atoms with van der Waals surface area (Å²) in [5.74, 6) is -0.863. The number of benzene rings is 1. The zero-order valence-corrected chi connectivity index (χ0v) is 9.14. The summed E-state index contributed by atoms with van der Waals surface area (Å²) in [5.41, 5.74) is 2.25. The Morgan fingerprint density at radius 3 is 2.88 bits per heavy atom. The van der Waals surface area contributed by atoms with E-state index in [1.165, 1.54) is 0 Å². The second kappa shape index (κ2) is 4.63. The van der Waals surface area contributed by atoms with E-state index in [0.29, 0.717) is 6.61 Å². The normalized spacial score (nSPS) is 25.3. The fourth-order valence-corrected chi connectivity index (χ4v) is 1.94. The standard InChI is InChI=1S/C12H15NO3/c1-8-4-2-3-5-9(8)10-6-16-7-11(13-10)12(14)15/h2-5,10-11,13H,6-7H2,1H3,(H,14,15). The molecule has 86 valence electrons. The SMILES string of the molecule is Cc1ccccc1C1COCC(C(=O)O)N1. The maximum absolute atomic E-state index is 10.9. The van der Waals surface area contributed by atoms with Gasteiger partial charge in [-0.25, -0.2) is 0 Å². The first-order valence-electron chi connectivity index (χ1n) is 5.30. The molecule has 0 saturated carbocycles. The molecule has 0 aromatic heterocycles. The van der Waals surface area contributed by atoms with Crippen LogP contribution in [0.5, 0.6) is 0 Å². The van der Waals surface area contributed by atoms with Crippen molar-refractivity contribution >= 4 is 5.97 Å². The Bertz CT molecular complexity index is 392. The highest BCUT2D eigenvalue weighted by Crippen LogP contribution is 2.20. The maximum atomic E-state index is 10.9. The number of aliphatic carboxylic acids is 1. The average molecular weight is 221 g/mol. The van der Waals surface area contributed by atoms with Crippen LogP contribution in [-0.2, 0) is 9.53 Å². The van der Waals surface area contributed by atoms with Gasteiger partial charge in [0.05, 0.1) is 19.3 Å². The van der Waals surface area contributed by atoms with Gasteiger partial charge in [0, 0.05) is 0 Å². The first-order valence-corrected chi connectivity index (χ1v) is 5.30. The van der Waals surface area contributed by atoms with Gasteiger partial charge < -0.3 is 9.84 Å². The smallest absolute Gasteiger partial charge is 0.323 e. The summed E-state index contributed by atoms with van der Waals surface area (Å²) in [6.45, 7) is 2.77. The lowest BCUT2D eigenvalue weighted by molar-refractivity contribution is -0.143. The summed E-state index contributed by atoms with van der Waals surface area (Å²) >= 11 is 0. The zero-order chi connectivity index (χ0) is 11.5. The Balaban J connectivity index is 2.16. The summed E-state index contributed by atoms with van der Waals surface area (Å²) in [6.07, 6.45) is 0. The van der Waals surface area contributed by atoms with Gasteiger partial charge in [-0.05, 0) is 18.1 Å². The predicted octanol–water partition coefficient (Wildman–Crippen LogP) is 1.11. The Labute approximate surface area is 94.2 Å². The molecule has 0 radical (unpaired) electrons. The molecular formula is C12H15NO3. The molecule has 16 heavy (non-hydrogen) atoms. The largest absolute Gasteiger partial charge is 0.480 e. The third-order valence-electron chi connectivity index (χ3n) is 2.83. The monoisotopic (exact) mass is 221 g/mol. The number of hydrogen-bond acceptors (Lipinski definition) is 3. The van der Waals surface area contributed by atoms with Gasteiger partial charge in [0.25, 0.3) is 0 Å². The molecule has 0 bridgehead atoms. The van der Waals surface area contributed by atoms with Crippen LogP contribution in [0.25, 0.3) is 0 Å². The fourth-order valence-electron chi connectivity index (χ4n) is 1.94. The lowest BCUT2D eigenvalue weighted by Crippen LogP contribution is -2.48. The van der Waals surface area contributed by atoms with E-state index < -0.39 is 12.0 Å². The molecule has 2 atom stereocenters. The lowest BCUT2D eigenvalue weighted by atomic mass is 10.00. The van der Waals surface area contributed by atoms with Gasteiger partial charge in [-0.1, -0.05) is 24.3 Å². The second-order valence-electron chi connectivity index (χ2n) is 4.00. The third kappa shape index (κ3) is 2.23. The molecule has 4 heteroatoms. The van der Waals surface area contributed by atoms with Crippen molar-refractivity contribution in [3.05, 3.63) is 35.4 Å². The van der Waals surface area contributed by atoms with Crippen LogP contribution in [0.4, 0.5) is 0 Å². The summed E-state index contributed by atoms with van der Waals surface area (Å²) < 4.78 is 5.32. The molecule has 0 amide bonds. The van der Waals surface area contributed by atoms with Gasteiger partial charge >= 0.3 is 5.97 Å². The van der Waals surface area contributed by atoms with Crippen molar-refractivity contribution in [3.8, 4) is 0 Å². The predicted molar refractivity (Wildman–Crippen MR) is 59.3 cm³/mol. The number of aryl methyl sites for hydroxylation is 1. The molecule has 1 aliphatic rings. The molecule has 0 spiro atoms. The van der Waals surface area contributed by atoms with Crippen molar-refractivity contribution in [2.24, 2.45) is 0 Å². The van der Waals surface area contributed by atoms with E-state index in [4.69, 9.17) is 9.84 Å². The number of nitrogens with one attached hydrogen (secondary N) is 1. The quantitative estimate of drug-likeness (QED) is 0.785. The van der Waals surface area contributed by atoms with Crippen LogP contribution in [0.15, 0.2) is 24.3 Å². The molecule has 1 aromatic carbocycles. The summed E-state index contributed by atoms with van der Waals surface area (Å²) in [6, 6.07) is 7.29. The van der Waals surface area contributed by atoms with E-state index in [-0.39, 0.29) is 12.6 Å². The van der Waals surface area contributed by atoms with Crippen molar-refractivity contribution in [3.63, 3.8) is 0 Å². The Morgan fingerprint density at radius 1 is 1.44 bits per heavy atom. The topological polar surface area (TPSA) is 58.6 Å². The van der Waals surface area contributed by atoms with Crippen molar-refractivity contribution in [1.29, 1.82) is 0 Å². The van der Waals surface area contributed by atoms with E-state index in [1.807, 2.05) is 31.2 Å². The van der Waals surface area contributed by atoms with Gasteiger partial charge in [0.15, 0.2) is 0 Å². The minimum absolute atomic E-state index is 0.0314. The molecule has 2 N–H and O–H groups in total. The zero-order valence-electron chi connectivity index (χ0n) is 9.14. The number of ether oxygens (including phenoxy) is 1. The van der Waals surface area contributed by atoms with E-state index in [0.717, 1.165) is 11.1 Å². The number of rotatable bonds is 2. The third-order valence-corrected chi connectivity index (χ3v) is 2.83. The molecule has 2 unspecified atom stereocenters. The van der Waals surface area contributed by atoms with E-state index in [9.17, 15) is 4.79 Å². The summed E-state index contributed by atoms with van der Waals surface area (Å²) in [7, 11) is 0. The van der Waals surface area contributed by atoms with E-state index >= 15 is 0 Å². The Hall–Kier alpha value is -1.39. The molecule has 2 rings (SSSR count). The highest BCUT2D eigenvalue weighted by atomic mass is 16.5. The molecule has 1 aliphatic heterocycles. The molecule has 1 heterocycles. The molecule has 1 aromatic rings. The first kappa shape index (κ1) is 11.1. The fraction of sp³-hybridized carbons (Fsp3) is 0.417. The number of carbonyl (C=O) groups is 1. The van der Waals surface area contributed by atoms with Crippen LogP contribution in [0.2, 0.25) is 0 Å². The lowest BCUT2D eigenvalue weighted by Gasteiger charge is -2.29. The van der Waals surface area contributed by atoms with Crippen molar-refractivity contribution in [2.75, 3.05) is 13.2 Å². The molecule has 1 fully saturated rings. The van der Waals surface area contributed by atoms with Gasteiger partial charge in [-0.2, -0.15) is 0 Å². The summed E-state index contributed by atoms with van der Waals surface area (Å²) in [5, 5.41) is 12.0. The second-order valence-corrected chi connectivity index (χ2v) is 4.00. The highest BCUT2D eigenvalue weighted by molar-refractivity contribution is 5.73. The number of carboxylic acids is 1. The number of morpholine rings is 1. The highest BCUT2D eigenvalue weighted by Gasteiger charge is 2.27. The van der Waals surface area contributed by atoms with Gasteiger partial charge in [-0.15, -0.1) is 0 Å². The molecule has 4 nitrogen and oxygen atoms in total. The number of carboxylic acid groups (broad SMARTS) is 1. The van der Waals surface area contributed by atoms with Gasteiger partial charge in [-0.3, -0.25) is 10.1 Å². The molecular weight excluding hydrogens is 206 g/mol. The Kier molecular flexibility index (Phi) is 3.22. The van der Waals surface area contributed by atoms with Crippen molar-refractivity contribution in [2.45, 2.75) is 19.0 Å². The minimum Gasteiger partial charge on any atom is -0.480 e. The Morgan fingerprint density at radius 2 is 2.19 bits per heavy atom. The van der Waals surface area contributed by atoms with Crippen LogP contribution in [0, 0.1) is 6.92 Å². The maximum Gasteiger partial charge on any atom is 0.323 e. The van der Waals surface area contributed by atoms with Crippen molar-refractivity contribution < 1.29 is 14.6 Å². The van der Waals surface area contributed by atoms with Crippen LogP contribution in [-0.4, -0.2) is 30.3 Å². The first-order chi connectivity index (χ1) is 7.68. The van der Waals surface area contributed by atoms with Crippen molar-refractivity contribution in [1.82, 2.24) is 5.32 Å². The minimum atomic E-state index is -0.863.